The first-order chi connectivity index (χ1) is 7.36. The number of hydrogen-bond acceptors (Lipinski definition) is 3. The van der Waals surface area contributed by atoms with E-state index in [0.29, 0.717) is 11.4 Å². The molecule has 1 unspecified atom stereocenters. The summed E-state index contributed by atoms with van der Waals surface area (Å²) < 4.78 is 27.3. The van der Waals surface area contributed by atoms with E-state index >= 15 is 0 Å². The Kier molecular flexibility index (Phi) is 5.44. The van der Waals surface area contributed by atoms with Crippen molar-refractivity contribution in [3.8, 4) is 0 Å². The van der Waals surface area contributed by atoms with E-state index in [1.54, 1.807) is 13.0 Å². The smallest absolute Gasteiger partial charge is 0.211 e. The van der Waals surface area contributed by atoms with Crippen LogP contribution in [0.2, 0.25) is 0 Å². The molecular formula is C9H13Br2NO2S2. The number of thiophene rings is 1. The lowest BCUT2D eigenvalue weighted by Crippen LogP contribution is -2.29. The van der Waals surface area contributed by atoms with Crippen molar-refractivity contribution in [1.29, 1.82) is 0 Å². The highest BCUT2D eigenvalue weighted by molar-refractivity contribution is 9.11. The van der Waals surface area contributed by atoms with Gasteiger partial charge in [0.05, 0.1) is 8.68 Å². The van der Waals surface area contributed by atoms with Crippen molar-refractivity contribution < 1.29 is 8.42 Å². The molecule has 0 spiro atoms. The Morgan fingerprint density at radius 2 is 2.19 bits per heavy atom. The number of hydrogen-bond donors (Lipinski definition) is 1. The van der Waals surface area contributed by atoms with Crippen LogP contribution in [-0.2, 0) is 10.0 Å². The van der Waals surface area contributed by atoms with Gasteiger partial charge in [0, 0.05) is 16.8 Å². The van der Waals surface area contributed by atoms with Gasteiger partial charge in [-0.1, -0.05) is 22.9 Å². The van der Waals surface area contributed by atoms with E-state index in [9.17, 15) is 8.42 Å². The molecule has 1 rings (SSSR count). The first-order valence-corrected chi connectivity index (χ1v) is 8.89. The first kappa shape index (κ1) is 14.6. The summed E-state index contributed by atoms with van der Waals surface area (Å²) >= 11 is 8.03. The number of rotatable bonds is 5. The van der Waals surface area contributed by atoms with Crippen molar-refractivity contribution in [2.75, 3.05) is 11.9 Å². The molecule has 0 aliphatic heterocycles. The van der Waals surface area contributed by atoms with Crippen LogP contribution in [-0.4, -0.2) is 20.3 Å². The topological polar surface area (TPSA) is 46.2 Å². The Hall–Kier alpha value is 0.570. The van der Waals surface area contributed by atoms with Crippen molar-refractivity contribution in [2.24, 2.45) is 5.92 Å². The summed E-state index contributed by atoms with van der Waals surface area (Å²) in [5.74, 6) is 0.275. The molecule has 7 heteroatoms. The molecule has 1 N–H and O–H groups in total. The fraction of sp³-hybridized carbons (Fsp3) is 0.556. The van der Waals surface area contributed by atoms with Crippen LogP contribution >= 0.6 is 43.2 Å². The Labute approximate surface area is 117 Å². The van der Waals surface area contributed by atoms with Crippen molar-refractivity contribution in [3.05, 3.63) is 14.7 Å². The van der Waals surface area contributed by atoms with E-state index in [-0.39, 0.29) is 5.92 Å². The van der Waals surface area contributed by atoms with Gasteiger partial charge >= 0.3 is 0 Å². The Bertz CT molecular complexity index is 456. The maximum atomic E-state index is 11.9. The van der Waals surface area contributed by atoms with Crippen LogP contribution in [0, 0.1) is 12.8 Å². The van der Waals surface area contributed by atoms with Gasteiger partial charge in [-0.15, -0.1) is 11.3 Å². The molecule has 0 aliphatic rings. The van der Waals surface area contributed by atoms with Crippen molar-refractivity contribution in [3.63, 3.8) is 0 Å². The normalized spacial score (nSPS) is 14.0. The van der Waals surface area contributed by atoms with Crippen LogP contribution in [0.5, 0.6) is 0 Å². The van der Waals surface area contributed by atoms with E-state index in [1.807, 2.05) is 6.92 Å². The van der Waals surface area contributed by atoms with Gasteiger partial charge in [-0.2, -0.15) is 0 Å². The second kappa shape index (κ2) is 5.95. The number of halogens is 2. The second-order valence-electron chi connectivity index (χ2n) is 3.58. The average molecular weight is 391 g/mol. The molecule has 0 fully saturated rings. The summed E-state index contributed by atoms with van der Waals surface area (Å²) in [7, 11) is -3.37. The molecular weight excluding hydrogens is 378 g/mol. The van der Waals surface area contributed by atoms with Crippen molar-refractivity contribution >= 4 is 53.2 Å². The highest BCUT2D eigenvalue weighted by atomic mass is 79.9. The fourth-order valence-electron chi connectivity index (χ4n) is 1.08. The standard InChI is InChI=1S/C9H13Br2NO2S2/c1-6(4-10)5-12-16(13,14)8-3-9(11)15-7(8)2/h3,6,12H,4-5H2,1-2H3. The molecule has 0 saturated heterocycles. The van der Waals surface area contributed by atoms with Gasteiger partial charge in [-0.25, -0.2) is 13.1 Å². The van der Waals surface area contributed by atoms with Gasteiger partial charge < -0.3 is 0 Å². The number of aryl methyl sites for hydroxylation is 1. The number of alkyl halides is 1. The monoisotopic (exact) mass is 389 g/mol. The van der Waals surface area contributed by atoms with Crippen LogP contribution in [0.25, 0.3) is 0 Å². The molecule has 92 valence electrons. The molecule has 1 aromatic heterocycles. The minimum atomic E-state index is -3.37. The van der Waals surface area contributed by atoms with E-state index < -0.39 is 10.0 Å². The van der Waals surface area contributed by atoms with Crippen LogP contribution in [0.15, 0.2) is 14.7 Å². The Morgan fingerprint density at radius 3 is 2.62 bits per heavy atom. The zero-order valence-corrected chi connectivity index (χ0v) is 13.8. The third-order valence-corrected chi connectivity index (χ3v) is 6.35. The average Bonchev–Trinajstić information content (AvgIpc) is 2.55. The van der Waals surface area contributed by atoms with Crippen LogP contribution < -0.4 is 4.72 Å². The number of nitrogens with one attached hydrogen (secondary N) is 1. The zero-order valence-electron chi connectivity index (χ0n) is 8.96. The van der Waals surface area contributed by atoms with E-state index in [2.05, 4.69) is 36.6 Å². The molecule has 16 heavy (non-hydrogen) atoms. The van der Waals surface area contributed by atoms with E-state index in [0.717, 1.165) is 14.0 Å². The van der Waals surface area contributed by atoms with Gasteiger partial charge in [-0.3, -0.25) is 0 Å². The molecule has 0 aromatic carbocycles. The predicted octanol–water partition coefficient (Wildman–Crippen LogP) is 3.13. The van der Waals surface area contributed by atoms with Gasteiger partial charge in [0.1, 0.15) is 0 Å². The molecule has 1 heterocycles. The van der Waals surface area contributed by atoms with Crippen molar-refractivity contribution in [2.45, 2.75) is 18.7 Å². The molecule has 0 aliphatic carbocycles. The summed E-state index contributed by atoms with van der Waals surface area (Å²) in [6, 6.07) is 1.64. The lowest BCUT2D eigenvalue weighted by Gasteiger charge is -2.09. The summed E-state index contributed by atoms with van der Waals surface area (Å²) in [6.45, 7) is 4.23. The third kappa shape index (κ3) is 3.80. The summed E-state index contributed by atoms with van der Waals surface area (Å²) in [5.41, 5.74) is 0. The van der Waals surface area contributed by atoms with Crippen LogP contribution in [0.1, 0.15) is 11.8 Å². The Balaban J connectivity index is 2.82. The summed E-state index contributed by atoms with van der Waals surface area (Å²) in [4.78, 5) is 1.16. The molecule has 0 radical (unpaired) electrons. The first-order valence-electron chi connectivity index (χ1n) is 4.68. The molecule has 1 atom stereocenters. The van der Waals surface area contributed by atoms with E-state index in [4.69, 9.17) is 0 Å². The van der Waals surface area contributed by atoms with Gasteiger partial charge in [0.25, 0.3) is 0 Å². The minimum absolute atomic E-state index is 0.275. The van der Waals surface area contributed by atoms with Crippen LogP contribution in [0.3, 0.4) is 0 Å². The largest absolute Gasteiger partial charge is 0.241 e. The minimum Gasteiger partial charge on any atom is -0.211 e. The Morgan fingerprint density at radius 1 is 1.56 bits per heavy atom. The van der Waals surface area contributed by atoms with E-state index in [1.165, 1.54) is 11.3 Å². The van der Waals surface area contributed by atoms with Crippen molar-refractivity contribution in [1.82, 2.24) is 4.72 Å². The number of sulfonamides is 1. The quantitative estimate of drug-likeness (QED) is 0.785. The molecule has 0 amide bonds. The van der Waals surface area contributed by atoms with Gasteiger partial charge in [0.15, 0.2) is 0 Å². The maximum Gasteiger partial charge on any atom is 0.241 e. The molecule has 1 aromatic rings. The molecule has 0 saturated carbocycles. The summed E-state index contributed by atoms with van der Waals surface area (Å²) in [6.07, 6.45) is 0. The second-order valence-corrected chi connectivity index (χ2v) is 8.60. The molecule has 0 bridgehead atoms. The fourth-order valence-corrected chi connectivity index (χ4v) is 4.89. The highest BCUT2D eigenvalue weighted by Crippen LogP contribution is 2.29. The molecule has 3 nitrogen and oxygen atoms in total. The zero-order chi connectivity index (χ0) is 12.3. The lowest BCUT2D eigenvalue weighted by molar-refractivity contribution is 0.563. The van der Waals surface area contributed by atoms with Gasteiger partial charge in [-0.05, 0) is 34.8 Å². The van der Waals surface area contributed by atoms with Gasteiger partial charge in [0.2, 0.25) is 10.0 Å². The maximum absolute atomic E-state index is 11.9. The summed E-state index contributed by atoms with van der Waals surface area (Å²) in [5, 5.41) is 0.780. The predicted molar refractivity (Wildman–Crippen MR) is 74.9 cm³/mol. The third-order valence-electron chi connectivity index (χ3n) is 2.02. The lowest BCUT2D eigenvalue weighted by atomic mass is 10.2. The van der Waals surface area contributed by atoms with Crippen LogP contribution in [0.4, 0.5) is 0 Å². The SMILES string of the molecule is Cc1sc(Br)cc1S(=O)(=O)NCC(C)CBr. The highest BCUT2D eigenvalue weighted by Gasteiger charge is 2.19.